The molecule has 104 valence electrons. The van der Waals surface area contributed by atoms with Crippen LogP contribution >= 0.6 is 0 Å². The van der Waals surface area contributed by atoms with E-state index in [0.717, 1.165) is 17.7 Å². The average Bonchev–Trinajstić information content (AvgIpc) is 3.02. The normalized spacial score (nSPS) is 30.4. The zero-order valence-corrected chi connectivity index (χ0v) is 11.8. The molecule has 3 heterocycles. The van der Waals surface area contributed by atoms with Gasteiger partial charge in [0, 0.05) is 31.2 Å². The molecule has 2 aliphatic heterocycles. The summed E-state index contributed by atoms with van der Waals surface area (Å²) < 4.78 is 0. The van der Waals surface area contributed by atoms with Crippen molar-refractivity contribution < 1.29 is 0 Å². The summed E-state index contributed by atoms with van der Waals surface area (Å²) in [6.07, 6.45) is 10.8. The van der Waals surface area contributed by atoms with E-state index in [9.17, 15) is 0 Å². The Morgan fingerprint density at radius 2 is 2.26 bits per heavy atom. The van der Waals surface area contributed by atoms with E-state index in [1.165, 1.54) is 45.3 Å². The van der Waals surface area contributed by atoms with Crippen LogP contribution in [0.3, 0.4) is 0 Å². The molecule has 0 saturated carbocycles. The lowest BCUT2D eigenvalue weighted by Crippen LogP contribution is -2.44. The van der Waals surface area contributed by atoms with Crippen molar-refractivity contribution in [3.8, 4) is 0 Å². The van der Waals surface area contributed by atoms with E-state index in [4.69, 9.17) is 0 Å². The first-order valence-electron chi connectivity index (χ1n) is 7.58. The van der Waals surface area contributed by atoms with E-state index in [0.29, 0.717) is 6.04 Å². The van der Waals surface area contributed by atoms with E-state index >= 15 is 0 Å². The Hall–Kier alpha value is -1.00. The molecule has 0 bridgehead atoms. The molecule has 3 rings (SSSR count). The molecule has 2 saturated heterocycles. The first kappa shape index (κ1) is 13.0. The van der Waals surface area contributed by atoms with E-state index in [1.54, 1.807) is 12.4 Å². The molecule has 3 unspecified atom stereocenters. The summed E-state index contributed by atoms with van der Waals surface area (Å²) in [5.41, 5.74) is 1.10. The topological polar surface area (TPSA) is 41.1 Å². The van der Waals surface area contributed by atoms with Crippen LogP contribution in [0.1, 0.15) is 44.3 Å². The number of likely N-dealkylation sites (tertiary alicyclic amines) is 1. The molecule has 0 radical (unpaired) electrons. The van der Waals surface area contributed by atoms with Gasteiger partial charge in [-0.1, -0.05) is 0 Å². The quantitative estimate of drug-likeness (QED) is 0.902. The summed E-state index contributed by atoms with van der Waals surface area (Å²) >= 11 is 0. The molecule has 0 aromatic carbocycles. The Kier molecular flexibility index (Phi) is 4.09. The third kappa shape index (κ3) is 2.95. The molecule has 3 atom stereocenters. The number of hydrogen-bond acceptors (Lipinski definition) is 4. The fourth-order valence-electron chi connectivity index (χ4n) is 3.55. The van der Waals surface area contributed by atoms with Gasteiger partial charge in [0.05, 0.1) is 11.7 Å². The number of nitrogens with one attached hydrogen (secondary N) is 1. The van der Waals surface area contributed by atoms with Gasteiger partial charge in [-0.25, -0.2) is 0 Å². The van der Waals surface area contributed by atoms with Gasteiger partial charge in [0.2, 0.25) is 0 Å². The molecule has 1 aromatic rings. The zero-order valence-electron chi connectivity index (χ0n) is 11.8. The molecule has 1 N–H and O–H groups in total. The molecule has 4 heteroatoms. The second-order valence-electron chi connectivity index (χ2n) is 5.91. The Morgan fingerprint density at radius 3 is 3.00 bits per heavy atom. The van der Waals surface area contributed by atoms with E-state index < -0.39 is 0 Å². The van der Waals surface area contributed by atoms with E-state index in [2.05, 4.69) is 27.1 Å². The second kappa shape index (κ2) is 5.97. The van der Waals surface area contributed by atoms with Gasteiger partial charge < -0.3 is 5.32 Å². The third-order valence-electron chi connectivity index (χ3n) is 4.72. The summed E-state index contributed by atoms with van der Waals surface area (Å²) in [7, 11) is 0. The minimum atomic E-state index is 0.387. The van der Waals surface area contributed by atoms with Crippen molar-refractivity contribution in [1.29, 1.82) is 0 Å². The van der Waals surface area contributed by atoms with Crippen LogP contribution in [0.25, 0.3) is 0 Å². The van der Waals surface area contributed by atoms with Crippen LogP contribution < -0.4 is 5.32 Å². The van der Waals surface area contributed by atoms with Gasteiger partial charge >= 0.3 is 0 Å². The highest BCUT2D eigenvalue weighted by Crippen LogP contribution is 2.29. The standard InChI is InChI=1S/C15H24N4/c1-12(15-10-16-7-8-18-15)19-9-3-4-13(11-19)14-5-2-6-17-14/h7-8,10,12-14,17H,2-6,9,11H2,1H3. The van der Waals surface area contributed by atoms with Crippen LogP contribution in [-0.4, -0.2) is 40.5 Å². The van der Waals surface area contributed by atoms with Crippen molar-refractivity contribution in [2.45, 2.75) is 44.7 Å². The SMILES string of the molecule is CC(c1cnccn1)N1CCCC(C2CCCN2)C1. The minimum Gasteiger partial charge on any atom is -0.314 e. The highest BCUT2D eigenvalue weighted by atomic mass is 15.2. The molecule has 1 aromatic heterocycles. The maximum absolute atomic E-state index is 4.46. The summed E-state index contributed by atoms with van der Waals surface area (Å²) in [6.45, 7) is 5.87. The van der Waals surface area contributed by atoms with Crippen molar-refractivity contribution in [2.75, 3.05) is 19.6 Å². The Bertz CT molecular complexity index is 388. The summed E-state index contributed by atoms with van der Waals surface area (Å²) in [5.74, 6) is 0.815. The number of piperidine rings is 1. The predicted octanol–water partition coefficient (Wildman–Crippen LogP) is 2.00. The summed E-state index contributed by atoms with van der Waals surface area (Å²) in [4.78, 5) is 11.2. The van der Waals surface area contributed by atoms with Crippen LogP contribution in [0.15, 0.2) is 18.6 Å². The monoisotopic (exact) mass is 260 g/mol. The minimum absolute atomic E-state index is 0.387. The summed E-state index contributed by atoms with van der Waals surface area (Å²) in [6, 6.07) is 1.13. The lowest BCUT2D eigenvalue weighted by atomic mass is 9.89. The molecule has 0 aliphatic carbocycles. The largest absolute Gasteiger partial charge is 0.314 e. The molecule has 19 heavy (non-hydrogen) atoms. The van der Waals surface area contributed by atoms with Crippen molar-refractivity contribution in [1.82, 2.24) is 20.2 Å². The van der Waals surface area contributed by atoms with Crippen molar-refractivity contribution in [3.63, 3.8) is 0 Å². The highest BCUT2D eigenvalue weighted by molar-refractivity contribution is 5.02. The van der Waals surface area contributed by atoms with Crippen LogP contribution in [0.5, 0.6) is 0 Å². The van der Waals surface area contributed by atoms with Gasteiger partial charge in [0.25, 0.3) is 0 Å². The number of nitrogens with zero attached hydrogens (tertiary/aromatic N) is 3. The second-order valence-corrected chi connectivity index (χ2v) is 5.91. The lowest BCUT2D eigenvalue weighted by Gasteiger charge is -2.38. The van der Waals surface area contributed by atoms with Gasteiger partial charge in [0.15, 0.2) is 0 Å². The maximum Gasteiger partial charge on any atom is 0.0755 e. The van der Waals surface area contributed by atoms with E-state index in [-0.39, 0.29) is 0 Å². The Morgan fingerprint density at radius 1 is 1.32 bits per heavy atom. The Balaban J connectivity index is 1.64. The number of hydrogen-bond donors (Lipinski definition) is 1. The molecular weight excluding hydrogens is 236 g/mol. The maximum atomic E-state index is 4.46. The molecular formula is C15H24N4. The molecule has 0 amide bonds. The van der Waals surface area contributed by atoms with Crippen molar-refractivity contribution in [2.24, 2.45) is 5.92 Å². The number of rotatable bonds is 3. The molecule has 2 aliphatic rings. The average molecular weight is 260 g/mol. The lowest BCUT2D eigenvalue weighted by molar-refractivity contribution is 0.113. The van der Waals surface area contributed by atoms with Crippen LogP contribution in [0, 0.1) is 5.92 Å². The van der Waals surface area contributed by atoms with Crippen LogP contribution in [0.2, 0.25) is 0 Å². The molecule has 2 fully saturated rings. The van der Waals surface area contributed by atoms with Gasteiger partial charge in [-0.3, -0.25) is 14.9 Å². The first-order valence-corrected chi connectivity index (χ1v) is 7.58. The molecule has 0 spiro atoms. The smallest absolute Gasteiger partial charge is 0.0755 e. The van der Waals surface area contributed by atoms with Crippen LogP contribution in [-0.2, 0) is 0 Å². The first-order chi connectivity index (χ1) is 9.34. The van der Waals surface area contributed by atoms with Gasteiger partial charge in [0.1, 0.15) is 0 Å². The Labute approximate surface area is 115 Å². The van der Waals surface area contributed by atoms with Gasteiger partial charge in [-0.2, -0.15) is 0 Å². The van der Waals surface area contributed by atoms with Crippen LogP contribution in [0.4, 0.5) is 0 Å². The highest BCUT2D eigenvalue weighted by Gasteiger charge is 2.31. The summed E-state index contributed by atoms with van der Waals surface area (Å²) in [5, 5.41) is 3.67. The van der Waals surface area contributed by atoms with Crippen molar-refractivity contribution in [3.05, 3.63) is 24.3 Å². The number of aromatic nitrogens is 2. The van der Waals surface area contributed by atoms with Gasteiger partial charge in [-0.05, 0) is 51.6 Å². The molecule has 4 nitrogen and oxygen atoms in total. The third-order valence-corrected chi connectivity index (χ3v) is 4.72. The zero-order chi connectivity index (χ0) is 13.1. The fraction of sp³-hybridized carbons (Fsp3) is 0.733. The van der Waals surface area contributed by atoms with E-state index in [1.807, 2.05) is 6.20 Å². The van der Waals surface area contributed by atoms with Gasteiger partial charge in [-0.15, -0.1) is 0 Å². The predicted molar refractivity (Wildman–Crippen MR) is 75.8 cm³/mol. The van der Waals surface area contributed by atoms with Crippen molar-refractivity contribution >= 4 is 0 Å². The fourth-order valence-corrected chi connectivity index (χ4v) is 3.55.